The lowest BCUT2D eigenvalue weighted by molar-refractivity contribution is 0.0663. The highest BCUT2D eigenvalue weighted by atomic mass is 19.1. The maximum atomic E-state index is 13.9. The summed E-state index contributed by atoms with van der Waals surface area (Å²) in [7, 11) is 3.07. The predicted molar refractivity (Wildman–Crippen MR) is 121 cm³/mol. The van der Waals surface area contributed by atoms with E-state index in [1.165, 1.54) is 31.3 Å². The fourth-order valence-corrected chi connectivity index (χ4v) is 4.06. The first-order chi connectivity index (χ1) is 16.0. The van der Waals surface area contributed by atoms with Crippen molar-refractivity contribution >= 4 is 16.9 Å². The molecule has 7 nitrogen and oxygen atoms in total. The van der Waals surface area contributed by atoms with Crippen molar-refractivity contribution in [2.45, 2.75) is 25.8 Å². The number of amides is 1. The van der Waals surface area contributed by atoms with Gasteiger partial charge in [-0.25, -0.2) is 4.39 Å². The average molecular weight is 455 g/mol. The Morgan fingerprint density at radius 1 is 1.06 bits per heavy atom. The van der Waals surface area contributed by atoms with Crippen LogP contribution in [-0.4, -0.2) is 44.8 Å². The van der Waals surface area contributed by atoms with Crippen LogP contribution in [0.3, 0.4) is 0 Å². The van der Waals surface area contributed by atoms with Crippen molar-refractivity contribution in [3.63, 3.8) is 0 Å². The molecule has 0 saturated carbocycles. The fourth-order valence-electron chi connectivity index (χ4n) is 4.06. The maximum absolute atomic E-state index is 13.9. The zero-order valence-electron chi connectivity index (χ0n) is 18.9. The van der Waals surface area contributed by atoms with Crippen molar-refractivity contribution in [3.8, 4) is 11.5 Å². The van der Waals surface area contributed by atoms with Crippen molar-refractivity contribution in [1.82, 2.24) is 4.90 Å². The van der Waals surface area contributed by atoms with Crippen LogP contribution in [0.5, 0.6) is 11.5 Å². The number of ether oxygens (including phenoxy) is 3. The summed E-state index contributed by atoms with van der Waals surface area (Å²) in [4.78, 5) is 28.2. The quantitative estimate of drug-likeness (QED) is 0.448. The Bertz CT molecular complexity index is 1240. The Kier molecular flexibility index (Phi) is 6.65. The molecule has 1 aliphatic heterocycles. The Hall–Kier alpha value is -3.39. The van der Waals surface area contributed by atoms with E-state index in [9.17, 15) is 14.0 Å². The van der Waals surface area contributed by atoms with Gasteiger partial charge in [0.05, 0.1) is 37.3 Å². The molecule has 33 heavy (non-hydrogen) atoms. The lowest BCUT2D eigenvalue weighted by Gasteiger charge is -2.25. The van der Waals surface area contributed by atoms with Crippen LogP contribution in [-0.2, 0) is 4.74 Å². The Morgan fingerprint density at radius 2 is 1.88 bits per heavy atom. The van der Waals surface area contributed by atoms with Gasteiger partial charge in [-0.1, -0.05) is 19.4 Å². The average Bonchev–Trinajstić information content (AvgIpc) is 3.10. The van der Waals surface area contributed by atoms with Crippen molar-refractivity contribution in [1.29, 1.82) is 0 Å². The molecule has 8 heteroatoms. The van der Waals surface area contributed by atoms with E-state index in [0.717, 1.165) is 18.9 Å². The molecular formula is C25H26FNO6. The molecule has 0 aliphatic carbocycles. The maximum Gasteiger partial charge on any atom is 0.290 e. The number of hydrogen-bond acceptors (Lipinski definition) is 6. The van der Waals surface area contributed by atoms with E-state index in [4.69, 9.17) is 18.6 Å². The molecule has 4 rings (SSSR count). The predicted octanol–water partition coefficient (Wildman–Crippen LogP) is 4.31. The van der Waals surface area contributed by atoms with E-state index in [0.29, 0.717) is 23.7 Å². The van der Waals surface area contributed by atoms with Crippen molar-refractivity contribution in [3.05, 3.63) is 69.3 Å². The third-order valence-electron chi connectivity index (χ3n) is 5.72. The van der Waals surface area contributed by atoms with E-state index in [2.05, 4.69) is 6.92 Å². The lowest BCUT2D eigenvalue weighted by Crippen LogP contribution is -2.32. The number of methoxy groups -OCH3 is 2. The summed E-state index contributed by atoms with van der Waals surface area (Å²) in [5.41, 5.74) is 0.557. The van der Waals surface area contributed by atoms with Crippen LogP contribution in [0, 0.1) is 5.82 Å². The number of halogens is 1. The smallest absolute Gasteiger partial charge is 0.290 e. The molecule has 2 aromatic carbocycles. The number of nitrogens with zero attached hydrogens (tertiary/aromatic N) is 1. The summed E-state index contributed by atoms with van der Waals surface area (Å²) in [6, 6.07) is 8.27. The second-order valence-electron chi connectivity index (χ2n) is 7.82. The summed E-state index contributed by atoms with van der Waals surface area (Å²) in [5.74, 6) is 0.0601. The van der Waals surface area contributed by atoms with Crippen LogP contribution < -0.4 is 14.9 Å². The van der Waals surface area contributed by atoms with Gasteiger partial charge in [0.2, 0.25) is 5.76 Å². The van der Waals surface area contributed by atoms with Gasteiger partial charge in [0.15, 0.2) is 16.9 Å². The third-order valence-corrected chi connectivity index (χ3v) is 5.72. The zero-order chi connectivity index (χ0) is 23.5. The zero-order valence-corrected chi connectivity index (χ0v) is 18.9. The summed E-state index contributed by atoms with van der Waals surface area (Å²) in [5, 5.41) is 0.0895. The molecule has 1 atom stereocenters. The van der Waals surface area contributed by atoms with Gasteiger partial charge in [0.25, 0.3) is 5.91 Å². The molecular weight excluding hydrogens is 429 g/mol. The van der Waals surface area contributed by atoms with Crippen LogP contribution in [0.2, 0.25) is 0 Å². The van der Waals surface area contributed by atoms with E-state index in [-0.39, 0.29) is 35.4 Å². The second-order valence-corrected chi connectivity index (χ2v) is 7.82. The van der Waals surface area contributed by atoms with Crippen LogP contribution in [0.15, 0.2) is 45.6 Å². The highest BCUT2D eigenvalue weighted by Crippen LogP contribution is 2.40. The molecule has 3 aromatic rings. The van der Waals surface area contributed by atoms with Gasteiger partial charge in [-0.2, -0.15) is 0 Å². The van der Waals surface area contributed by atoms with Gasteiger partial charge >= 0.3 is 0 Å². The first kappa shape index (κ1) is 22.8. The molecule has 2 heterocycles. The number of rotatable bonds is 9. The molecule has 0 spiro atoms. The standard InChI is InChI=1S/C25H26FNO6/c1-4-5-11-32-19-8-6-15(13-20(19)31-3)22-21-23(28)17-14-16(26)7-9-18(17)33-24(21)25(29)27(22)10-12-30-2/h6-9,13-14,22H,4-5,10-12H2,1-3H3. The Morgan fingerprint density at radius 3 is 2.61 bits per heavy atom. The summed E-state index contributed by atoms with van der Waals surface area (Å²) in [6.45, 7) is 3.14. The molecule has 0 saturated heterocycles. The van der Waals surface area contributed by atoms with E-state index < -0.39 is 23.2 Å². The Labute approximate surface area is 190 Å². The number of fused-ring (bicyclic) bond motifs is 2. The number of benzene rings is 2. The summed E-state index contributed by atoms with van der Waals surface area (Å²) < 4.78 is 36.2. The lowest BCUT2D eigenvalue weighted by atomic mass is 9.98. The van der Waals surface area contributed by atoms with Gasteiger partial charge in [-0.3, -0.25) is 9.59 Å². The van der Waals surface area contributed by atoms with Crippen LogP contribution >= 0.6 is 0 Å². The SMILES string of the molecule is CCCCOc1ccc(C2c3c(oc4ccc(F)cc4c3=O)C(=O)N2CCOC)cc1OC. The van der Waals surface area contributed by atoms with Crippen LogP contribution in [0.4, 0.5) is 4.39 Å². The van der Waals surface area contributed by atoms with Crippen LogP contribution in [0.1, 0.15) is 47.5 Å². The highest BCUT2D eigenvalue weighted by molar-refractivity contribution is 5.99. The van der Waals surface area contributed by atoms with Crippen molar-refractivity contribution in [2.24, 2.45) is 0 Å². The first-order valence-corrected chi connectivity index (χ1v) is 10.9. The molecule has 0 bridgehead atoms. The highest BCUT2D eigenvalue weighted by Gasteiger charge is 2.42. The largest absolute Gasteiger partial charge is 0.493 e. The van der Waals surface area contributed by atoms with E-state index in [1.807, 2.05) is 0 Å². The minimum absolute atomic E-state index is 0.0394. The number of carbonyl (C=O) groups is 1. The number of unbranched alkanes of at least 4 members (excludes halogenated alkanes) is 1. The molecule has 0 N–H and O–H groups in total. The van der Waals surface area contributed by atoms with Gasteiger partial charge < -0.3 is 23.5 Å². The molecule has 1 unspecified atom stereocenters. The minimum atomic E-state index is -0.731. The molecule has 0 fully saturated rings. The monoisotopic (exact) mass is 455 g/mol. The normalized spacial score (nSPS) is 15.2. The fraction of sp³-hybridized carbons (Fsp3) is 0.360. The van der Waals surface area contributed by atoms with Crippen molar-refractivity contribution in [2.75, 3.05) is 34.0 Å². The summed E-state index contributed by atoms with van der Waals surface area (Å²) >= 11 is 0. The molecule has 0 radical (unpaired) electrons. The summed E-state index contributed by atoms with van der Waals surface area (Å²) in [6.07, 6.45) is 1.91. The van der Waals surface area contributed by atoms with E-state index in [1.54, 1.807) is 18.2 Å². The third kappa shape index (κ3) is 4.18. The van der Waals surface area contributed by atoms with Gasteiger partial charge in [-0.05, 0) is 42.3 Å². The van der Waals surface area contributed by atoms with Gasteiger partial charge in [0, 0.05) is 13.7 Å². The van der Waals surface area contributed by atoms with E-state index >= 15 is 0 Å². The second kappa shape index (κ2) is 9.62. The molecule has 1 aliphatic rings. The molecule has 174 valence electrons. The van der Waals surface area contributed by atoms with Gasteiger partial charge in [0.1, 0.15) is 11.4 Å². The molecule has 1 aromatic heterocycles. The van der Waals surface area contributed by atoms with Crippen LogP contribution in [0.25, 0.3) is 11.0 Å². The Balaban J connectivity index is 1.85. The minimum Gasteiger partial charge on any atom is -0.493 e. The van der Waals surface area contributed by atoms with Crippen molar-refractivity contribution < 1.29 is 27.8 Å². The number of hydrogen-bond donors (Lipinski definition) is 0. The van der Waals surface area contributed by atoms with Gasteiger partial charge in [-0.15, -0.1) is 0 Å². The number of carbonyl (C=O) groups excluding carboxylic acids is 1. The first-order valence-electron chi connectivity index (χ1n) is 10.9. The molecule has 1 amide bonds. The topological polar surface area (TPSA) is 78.2 Å².